The molecule has 1 aromatic heterocycles. The minimum Gasteiger partial charge on any atom is -0.480 e. The molecule has 1 saturated heterocycles. The quantitative estimate of drug-likeness (QED) is 0.898. The number of amides is 3. The van der Waals surface area contributed by atoms with Gasteiger partial charge in [-0.05, 0) is 30.7 Å². The number of nitrogens with one attached hydrogen (secondary N) is 1. The minimum atomic E-state index is -0.405. The monoisotopic (exact) mass is 370 g/mol. The van der Waals surface area contributed by atoms with Crippen molar-refractivity contribution in [1.82, 2.24) is 14.8 Å². The van der Waals surface area contributed by atoms with Gasteiger partial charge in [0.25, 0.3) is 0 Å². The van der Waals surface area contributed by atoms with Gasteiger partial charge in [-0.2, -0.15) is 0 Å². The van der Waals surface area contributed by atoms with Crippen LogP contribution in [0.2, 0.25) is 0 Å². The summed E-state index contributed by atoms with van der Waals surface area (Å²) < 4.78 is 10.5. The highest BCUT2D eigenvalue weighted by Crippen LogP contribution is 2.20. The average Bonchev–Trinajstić information content (AvgIpc) is 2.95. The molecule has 1 fully saturated rings. The van der Waals surface area contributed by atoms with Crippen LogP contribution in [0.25, 0.3) is 0 Å². The summed E-state index contributed by atoms with van der Waals surface area (Å²) in [6.07, 6.45) is 1.86. The molecule has 1 N–H and O–H groups in total. The number of urea groups is 1. The summed E-state index contributed by atoms with van der Waals surface area (Å²) in [6, 6.07) is 12.1. The smallest absolute Gasteiger partial charge is 0.415 e. The lowest BCUT2D eigenvalue weighted by Crippen LogP contribution is -2.40. The maximum Gasteiger partial charge on any atom is 0.415 e. The Hall–Kier alpha value is -3.29. The van der Waals surface area contributed by atoms with E-state index in [-0.39, 0.29) is 6.03 Å². The molecule has 3 rings (SSSR count). The van der Waals surface area contributed by atoms with E-state index in [1.807, 2.05) is 18.2 Å². The Morgan fingerprint density at radius 3 is 2.52 bits per heavy atom. The third-order valence-electron chi connectivity index (χ3n) is 4.20. The summed E-state index contributed by atoms with van der Waals surface area (Å²) in [5, 5.41) is 2.81. The van der Waals surface area contributed by atoms with Crippen LogP contribution in [0.4, 0.5) is 15.3 Å². The van der Waals surface area contributed by atoms with Crippen molar-refractivity contribution >= 4 is 17.8 Å². The number of nitrogens with zero attached hydrogens (tertiary/aromatic N) is 3. The summed E-state index contributed by atoms with van der Waals surface area (Å²) in [4.78, 5) is 32.2. The lowest BCUT2D eigenvalue weighted by molar-refractivity contribution is 0.153. The first-order valence-corrected chi connectivity index (χ1v) is 8.74. The first-order valence-electron chi connectivity index (χ1n) is 8.74. The number of aromatic nitrogens is 1. The third kappa shape index (κ3) is 4.87. The lowest BCUT2D eigenvalue weighted by atomic mass is 10.3. The predicted molar refractivity (Wildman–Crippen MR) is 100 cm³/mol. The number of para-hydroxylation sites is 1. The van der Waals surface area contributed by atoms with E-state index >= 15 is 0 Å². The van der Waals surface area contributed by atoms with Crippen molar-refractivity contribution < 1.29 is 19.1 Å². The summed E-state index contributed by atoms with van der Waals surface area (Å²) in [5.41, 5.74) is 0.509. The van der Waals surface area contributed by atoms with E-state index in [0.717, 1.165) is 0 Å². The third-order valence-corrected chi connectivity index (χ3v) is 4.20. The van der Waals surface area contributed by atoms with Gasteiger partial charge in [0.05, 0.1) is 7.11 Å². The van der Waals surface area contributed by atoms with Gasteiger partial charge in [-0.25, -0.2) is 14.6 Å². The molecule has 0 bridgehead atoms. The number of anilines is 1. The molecule has 1 aliphatic heterocycles. The van der Waals surface area contributed by atoms with Crippen molar-refractivity contribution in [2.75, 3.05) is 38.6 Å². The molecule has 0 radical (unpaired) electrons. The molecule has 1 aliphatic rings. The van der Waals surface area contributed by atoms with Crippen LogP contribution in [-0.4, -0.2) is 60.2 Å². The van der Waals surface area contributed by atoms with Gasteiger partial charge in [-0.15, -0.1) is 0 Å². The summed E-state index contributed by atoms with van der Waals surface area (Å²) in [7, 11) is 1.50. The SMILES string of the molecule is COc1ncccc1NC(=O)N1CCCN(C(=O)Oc2ccccc2)CC1. The molecule has 1 aromatic carbocycles. The molecule has 3 amide bonds. The van der Waals surface area contributed by atoms with Crippen molar-refractivity contribution in [1.29, 1.82) is 0 Å². The van der Waals surface area contributed by atoms with Gasteiger partial charge < -0.3 is 24.6 Å². The Labute approximate surface area is 157 Å². The molecule has 2 heterocycles. The van der Waals surface area contributed by atoms with Crippen LogP contribution in [-0.2, 0) is 0 Å². The zero-order valence-corrected chi connectivity index (χ0v) is 15.1. The standard InChI is InChI=1S/C19H22N4O4/c1-26-17-16(9-5-10-20-17)21-18(24)22-11-6-12-23(14-13-22)19(25)27-15-7-3-2-4-8-15/h2-5,7-10H,6,11-14H2,1H3,(H,21,24). The van der Waals surface area contributed by atoms with E-state index < -0.39 is 6.09 Å². The van der Waals surface area contributed by atoms with E-state index in [2.05, 4.69) is 10.3 Å². The largest absolute Gasteiger partial charge is 0.480 e. The van der Waals surface area contributed by atoms with Crippen LogP contribution in [0.3, 0.4) is 0 Å². The highest BCUT2D eigenvalue weighted by atomic mass is 16.6. The molecule has 0 unspecified atom stereocenters. The van der Waals surface area contributed by atoms with Crippen LogP contribution in [0, 0.1) is 0 Å². The number of rotatable bonds is 3. The van der Waals surface area contributed by atoms with E-state index in [1.165, 1.54) is 7.11 Å². The number of hydrogen-bond acceptors (Lipinski definition) is 5. The van der Waals surface area contributed by atoms with E-state index in [9.17, 15) is 9.59 Å². The molecule has 0 spiro atoms. The summed E-state index contributed by atoms with van der Waals surface area (Å²) in [6.45, 7) is 1.90. The van der Waals surface area contributed by atoms with E-state index in [4.69, 9.17) is 9.47 Å². The van der Waals surface area contributed by atoms with Crippen molar-refractivity contribution in [3.05, 3.63) is 48.7 Å². The maximum absolute atomic E-state index is 12.6. The summed E-state index contributed by atoms with van der Waals surface area (Å²) >= 11 is 0. The van der Waals surface area contributed by atoms with Gasteiger partial charge in [-0.3, -0.25) is 0 Å². The second-order valence-electron chi connectivity index (χ2n) is 6.00. The molecular formula is C19H22N4O4. The molecule has 8 heteroatoms. The highest BCUT2D eigenvalue weighted by Gasteiger charge is 2.23. The van der Waals surface area contributed by atoms with E-state index in [0.29, 0.717) is 49.9 Å². The first-order chi connectivity index (χ1) is 13.2. The predicted octanol–water partition coefficient (Wildman–Crippen LogP) is 2.83. The topological polar surface area (TPSA) is 84.0 Å². The Bertz CT molecular complexity index is 784. The van der Waals surface area contributed by atoms with Gasteiger partial charge in [0.2, 0.25) is 5.88 Å². The second-order valence-corrected chi connectivity index (χ2v) is 6.00. The van der Waals surface area contributed by atoms with Crippen molar-refractivity contribution in [3.8, 4) is 11.6 Å². The lowest BCUT2D eigenvalue weighted by Gasteiger charge is -2.22. The molecule has 8 nitrogen and oxygen atoms in total. The van der Waals surface area contributed by atoms with Crippen molar-refractivity contribution in [2.45, 2.75) is 6.42 Å². The number of ether oxygens (including phenoxy) is 2. The number of carbonyl (C=O) groups is 2. The van der Waals surface area contributed by atoms with Crippen LogP contribution in [0.15, 0.2) is 48.7 Å². The van der Waals surface area contributed by atoms with Crippen molar-refractivity contribution in [3.63, 3.8) is 0 Å². The zero-order chi connectivity index (χ0) is 19.1. The van der Waals surface area contributed by atoms with Crippen LogP contribution >= 0.6 is 0 Å². The van der Waals surface area contributed by atoms with Gasteiger partial charge in [0.15, 0.2) is 0 Å². The van der Waals surface area contributed by atoms with Crippen LogP contribution in [0.5, 0.6) is 11.6 Å². The molecule has 2 aromatic rings. The number of hydrogen-bond donors (Lipinski definition) is 1. The Morgan fingerprint density at radius 1 is 1.00 bits per heavy atom. The Balaban J connectivity index is 1.56. The number of methoxy groups -OCH3 is 1. The first kappa shape index (κ1) is 18.5. The molecule has 0 atom stereocenters. The number of benzene rings is 1. The maximum atomic E-state index is 12.6. The highest BCUT2D eigenvalue weighted by molar-refractivity contribution is 5.90. The fourth-order valence-corrected chi connectivity index (χ4v) is 2.80. The minimum absolute atomic E-state index is 0.250. The number of pyridine rings is 1. The fourth-order valence-electron chi connectivity index (χ4n) is 2.80. The number of carbonyl (C=O) groups excluding carboxylic acids is 2. The molecule has 0 saturated carbocycles. The van der Waals surface area contributed by atoms with Gasteiger partial charge in [-0.1, -0.05) is 18.2 Å². The van der Waals surface area contributed by atoms with Crippen molar-refractivity contribution in [2.24, 2.45) is 0 Å². The normalized spacial score (nSPS) is 14.3. The van der Waals surface area contributed by atoms with Gasteiger partial charge >= 0.3 is 12.1 Å². The average molecular weight is 370 g/mol. The molecular weight excluding hydrogens is 348 g/mol. The second kappa shape index (κ2) is 8.88. The van der Waals surface area contributed by atoms with Gasteiger partial charge in [0.1, 0.15) is 11.4 Å². The molecule has 27 heavy (non-hydrogen) atoms. The fraction of sp³-hybridized carbons (Fsp3) is 0.316. The summed E-state index contributed by atoms with van der Waals surface area (Å²) in [5.74, 6) is 0.860. The molecule has 142 valence electrons. The molecule has 0 aliphatic carbocycles. The van der Waals surface area contributed by atoms with Gasteiger partial charge in [0, 0.05) is 32.4 Å². The van der Waals surface area contributed by atoms with Crippen LogP contribution in [0.1, 0.15) is 6.42 Å². The zero-order valence-electron chi connectivity index (χ0n) is 15.1. The Morgan fingerprint density at radius 2 is 1.74 bits per heavy atom. The Kier molecular flexibility index (Phi) is 6.09. The van der Waals surface area contributed by atoms with Crippen LogP contribution < -0.4 is 14.8 Å². The van der Waals surface area contributed by atoms with E-state index in [1.54, 1.807) is 40.3 Å².